The Bertz CT molecular complexity index is 541. The first kappa shape index (κ1) is 19.1. The van der Waals surface area contributed by atoms with Crippen LogP contribution < -0.4 is 9.47 Å². The van der Waals surface area contributed by atoms with Gasteiger partial charge in [0.2, 0.25) is 0 Å². The Morgan fingerprint density at radius 1 is 0.667 bits per heavy atom. The first-order valence-corrected chi connectivity index (χ1v) is 10.3. The zero-order valence-electron chi connectivity index (χ0n) is 14.8. The quantitative estimate of drug-likeness (QED) is 0.545. The van der Waals surface area contributed by atoms with Gasteiger partial charge in [-0.3, -0.25) is 0 Å². The molecule has 0 saturated carbocycles. The van der Waals surface area contributed by atoms with Gasteiger partial charge in [-0.05, 0) is 46.9 Å². The van der Waals surface area contributed by atoms with Crippen LogP contribution in [-0.4, -0.2) is 25.7 Å². The third-order valence-corrected chi connectivity index (χ3v) is 6.50. The molecule has 2 nitrogen and oxygen atoms in total. The van der Waals surface area contributed by atoms with E-state index < -0.39 is 0 Å². The van der Waals surface area contributed by atoms with Crippen LogP contribution in [0.1, 0.15) is 35.5 Å². The number of methoxy groups -OCH3 is 2. The summed E-state index contributed by atoms with van der Waals surface area (Å²) < 4.78 is 10.6. The summed E-state index contributed by atoms with van der Waals surface area (Å²) in [5, 5.41) is 0.832. The highest BCUT2D eigenvalue weighted by Gasteiger charge is 2.25. The second kappa shape index (κ2) is 9.90. The fourth-order valence-electron chi connectivity index (χ4n) is 2.66. The number of rotatable bonds is 9. The fourth-order valence-corrected chi connectivity index (χ4v) is 5.22. The van der Waals surface area contributed by atoms with Gasteiger partial charge in [-0.2, -0.15) is 23.5 Å². The third kappa shape index (κ3) is 4.87. The summed E-state index contributed by atoms with van der Waals surface area (Å²) >= 11 is 4.01. The minimum absolute atomic E-state index is 0.416. The van der Waals surface area contributed by atoms with Crippen LogP contribution in [0.5, 0.6) is 11.5 Å². The smallest absolute Gasteiger partial charge is 0.118 e. The maximum atomic E-state index is 5.30. The predicted molar refractivity (Wildman–Crippen MR) is 108 cm³/mol. The Morgan fingerprint density at radius 3 is 1.25 bits per heavy atom. The average molecular weight is 363 g/mol. The second-order valence-corrected chi connectivity index (χ2v) is 8.14. The van der Waals surface area contributed by atoms with Crippen molar-refractivity contribution < 1.29 is 9.47 Å². The number of hydrogen-bond acceptors (Lipinski definition) is 4. The maximum Gasteiger partial charge on any atom is 0.118 e. The van der Waals surface area contributed by atoms with E-state index >= 15 is 0 Å². The second-order valence-electron chi connectivity index (χ2n) is 5.30. The van der Waals surface area contributed by atoms with Gasteiger partial charge in [-0.15, -0.1) is 0 Å². The lowest BCUT2D eigenvalue weighted by Crippen LogP contribution is -2.07. The van der Waals surface area contributed by atoms with Crippen molar-refractivity contribution in [2.24, 2.45) is 0 Å². The Morgan fingerprint density at radius 2 is 1.00 bits per heavy atom. The SMILES string of the molecule is CCS[C@H](c1ccc(OC)cc1)[C@H](SCC)c1ccc(OC)cc1. The van der Waals surface area contributed by atoms with E-state index in [-0.39, 0.29) is 0 Å². The highest BCUT2D eigenvalue weighted by molar-refractivity contribution is 8.03. The summed E-state index contributed by atoms with van der Waals surface area (Å²) in [5.74, 6) is 3.99. The van der Waals surface area contributed by atoms with Gasteiger partial charge in [0.1, 0.15) is 11.5 Å². The summed E-state index contributed by atoms with van der Waals surface area (Å²) in [7, 11) is 3.42. The highest BCUT2D eigenvalue weighted by atomic mass is 32.2. The zero-order valence-corrected chi connectivity index (χ0v) is 16.5. The molecule has 0 amide bonds. The van der Waals surface area contributed by atoms with Crippen molar-refractivity contribution in [1.29, 1.82) is 0 Å². The predicted octanol–water partition coefficient (Wildman–Crippen LogP) is 5.99. The molecule has 0 aromatic heterocycles. The van der Waals surface area contributed by atoms with Gasteiger partial charge in [0.05, 0.1) is 14.2 Å². The number of hydrogen-bond donors (Lipinski definition) is 0. The van der Waals surface area contributed by atoms with Crippen LogP contribution >= 0.6 is 23.5 Å². The number of thioether (sulfide) groups is 2. The van der Waals surface area contributed by atoms with Gasteiger partial charge < -0.3 is 9.47 Å². The fraction of sp³-hybridized carbons (Fsp3) is 0.400. The molecule has 2 aromatic rings. The normalized spacial score (nSPS) is 13.3. The van der Waals surface area contributed by atoms with E-state index in [0.717, 1.165) is 23.0 Å². The van der Waals surface area contributed by atoms with Crippen LogP contribution in [0, 0.1) is 0 Å². The molecule has 2 aromatic carbocycles. The first-order chi connectivity index (χ1) is 11.7. The lowest BCUT2D eigenvalue weighted by molar-refractivity contribution is 0.414. The molecule has 130 valence electrons. The van der Waals surface area contributed by atoms with Gasteiger partial charge in [0.25, 0.3) is 0 Å². The van der Waals surface area contributed by atoms with Crippen molar-refractivity contribution in [2.45, 2.75) is 24.3 Å². The molecule has 0 saturated heterocycles. The minimum atomic E-state index is 0.416. The van der Waals surface area contributed by atoms with E-state index in [1.807, 2.05) is 23.5 Å². The highest BCUT2D eigenvalue weighted by Crippen LogP contribution is 2.48. The van der Waals surface area contributed by atoms with Crippen LogP contribution in [0.4, 0.5) is 0 Å². The van der Waals surface area contributed by atoms with E-state index in [0.29, 0.717) is 10.5 Å². The lowest BCUT2D eigenvalue weighted by Gasteiger charge is -2.27. The molecule has 2 rings (SSSR count). The van der Waals surface area contributed by atoms with Crippen molar-refractivity contribution >= 4 is 23.5 Å². The topological polar surface area (TPSA) is 18.5 Å². The lowest BCUT2D eigenvalue weighted by atomic mass is 10.0. The summed E-state index contributed by atoms with van der Waals surface area (Å²) in [6, 6.07) is 17.0. The Balaban J connectivity index is 2.33. The molecule has 0 N–H and O–H groups in total. The van der Waals surface area contributed by atoms with Gasteiger partial charge in [0, 0.05) is 10.5 Å². The van der Waals surface area contributed by atoms with Crippen LogP contribution in [0.3, 0.4) is 0 Å². The standard InChI is InChI=1S/C20H26O2S2/c1-5-23-19(15-7-11-17(21-3)12-8-15)20(24-6-2)16-9-13-18(22-4)14-10-16/h7-14,19-20H,5-6H2,1-4H3/t19-,20-/m1/s1. The van der Waals surface area contributed by atoms with Crippen molar-refractivity contribution in [1.82, 2.24) is 0 Å². The average Bonchev–Trinajstić information content (AvgIpc) is 2.65. The molecule has 24 heavy (non-hydrogen) atoms. The Kier molecular flexibility index (Phi) is 7.86. The molecular formula is C20H26O2S2. The molecule has 0 fully saturated rings. The van der Waals surface area contributed by atoms with Crippen molar-refractivity contribution in [3.63, 3.8) is 0 Å². The Labute approximate surface area is 154 Å². The summed E-state index contributed by atoms with van der Waals surface area (Å²) in [4.78, 5) is 0. The molecule has 0 radical (unpaired) electrons. The first-order valence-electron chi connectivity index (χ1n) is 8.24. The molecule has 0 spiro atoms. The van der Waals surface area contributed by atoms with Crippen LogP contribution in [0.25, 0.3) is 0 Å². The molecule has 0 aliphatic rings. The van der Waals surface area contributed by atoms with Crippen LogP contribution in [0.15, 0.2) is 48.5 Å². The Hall–Kier alpha value is -1.26. The van der Waals surface area contributed by atoms with Crippen molar-refractivity contribution in [3.05, 3.63) is 59.7 Å². The summed E-state index contributed by atoms with van der Waals surface area (Å²) in [5.41, 5.74) is 2.70. The molecule has 0 heterocycles. The number of ether oxygens (including phenoxy) is 2. The van der Waals surface area contributed by atoms with E-state index in [9.17, 15) is 0 Å². The van der Waals surface area contributed by atoms with Crippen LogP contribution in [0.2, 0.25) is 0 Å². The molecule has 0 unspecified atom stereocenters. The zero-order chi connectivity index (χ0) is 17.4. The van der Waals surface area contributed by atoms with E-state index in [2.05, 4.69) is 62.4 Å². The van der Waals surface area contributed by atoms with Gasteiger partial charge >= 0.3 is 0 Å². The minimum Gasteiger partial charge on any atom is -0.497 e. The largest absolute Gasteiger partial charge is 0.497 e. The van der Waals surface area contributed by atoms with Crippen molar-refractivity contribution in [2.75, 3.05) is 25.7 Å². The van der Waals surface area contributed by atoms with Gasteiger partial charge in [0.15, 0.2) is 0 Å². The van der Waals surface area contributed by atoms with E-state index in [1.54, 1.807) is 14.2 Å². The molecule has 0 aliphatic carbocycles. The van der Waals surface area contributed by atoms with Crippen LogP contribution in [-0.2, 0) is 0 Å². The monoisotopic (exact) mass is 362 g/mol. The molecule has 2 atom stereocenters. The van der Waals surface area contributed by atoms with E-state index in [4.69, 9.17) is 9.47 Å². The van der Waals surface area contributed by atoms with E-state index in [1.165, 1.54) is 11.1 Å². The molecule has 0 bridgehead atoms. The van der Waals surface area contributed by atoms with Gasteiger partial charge in [-0.25, -0.2) is 0 Å². The third-order valence-electron chi connectivity index (χ3n) is 3.86. The summed E-state index contributed by atoms with van der Waals surface area (Å²) in [6.07, 6.45) is 0. The maximum absolute atomic E-state index is 5.30. The molecule has 4 heteroatoms. The summed E-state index contributed by atoms with van der Waals surface area (Å²) in [6.45, 7) is 4.45. The van der Waals surface area contributed by atoms with Crippen molar-refractivity contribution in [3.8, 4) is 11.5 Å². The molecule has 0 aliphatic heterocycles. The number of benzene rings is 2. The molecular weight excluding hydrogens is 336 g/mol. The van der Waals surface area contributed by atoms with Gasteiger partial charge in [-0.1, -0.05) is 38.1 Å².